The second-order valence-electron chi connectivity index (χ2n) is 3.71. The van der Waals surface area contributed by atoms with Gasteiger partial charge in [-0.25, -0.2) is 0 Å². The van der Waals surface area contributed by atoms with Crippen LogP contribution in [0.25, 0.3) is 0 Å². The van der Waals surface area contributed by atoms with Crippen LogP contribution < -0.4 is 5.32 Å². The Labute approximate surface area is 108 Å². The van der Waals surface area contributed by atoms with E-state index in [2.05, 4.69) is 26.2 Å². The summed E-state index contributed by atoms with van der Waals surface area (Å²) in [6.07, 6.45) is 3.28. The molecule has 2 aromatic rings. The molecule has 0 spiro atoms. The Balaban J connectivity index is 2.14. The van der Waals surface area contributed by atoms with Gasteiger partial charge in [0, 0.05) is 16.2 Å². The number of carbonyl (C=O) groups excluding carboxylic acids is 1. The molecule has 3 nitrogen and oxygen atoms in total. The summed E-state index contributed by atoms with van der Waals surface area (Å²) in [6.45, 7) is 1.99. The first-order valence-corrected chi connectivity index (χ1v) is 5.93. The maximum Gasteiger partial charge on any atom is 0.255 e. The zero-order valence-electron chi connectivity index (χ0n) is 9.27. The number of rotatable bonds is 2. The molecule has 2 rings (SSSR count). The monoisotopic (exact) mass is 290 g/mol. The Hall–Kier alpha value is -1.68. The van der Waals surface area contributed by atoms with E-state index in [1.54, 1.807) is 30.6 Å². The van der Waals surface area contributed by atoms with Gasteiger partial charge in [-0.2, -0.15) is 0 Å². The summed E-state index contributed by atoms with van der Waals surface area (Å²) >= 11 is 3.30. The number of aromatic nitrogens is 1. The van der Waals surface area contributed by atoms with E-state index in [0.717, 1.165) is 10.0 Å². The number of halogens is 1. The number of pyridine rings is 1. The van der Waals surface area contributed by atoms with Gasteiger partial charge in [-0.1, -0.05) is 17.7 Å². The summed E-state index contributed by atoms with van der Waals surface area (Å²) in [5.74, 6) is -0.134. The number of hydrogen-bond acceptors (Lipinski definition) is 2. The standard InChI is InChI=1S/C13H11BrN2O/c1-9-2-4-10(5-3-9)13(17)16-12-6-11(14)7-15-8-12/h2-8H,1H3,(H,16,17). The van der Waals surface area contributed by atoms with Crippen molar-refractivity contribution >= 4 is 27.5 Å². The van der Waals surface area contributed by atoms with Crippen molar-refractivity contribution in [2.45, 2.75) is 6.92 Å². The highest BCUT2D eigenvalue weighted by Gasteiger charge is 2.05. The Kier molecular flexibility index (Phi) is 3.54. The number of amides is 1. The maximum absolute atomic E-state index is 11.9. The lowest BCUT2D eigenvalue weighted by Crippen LogP contribution is -2.11. The number of nitrogens with zero attached hydrogens (tertiary/aromatic N) is 1. The third-order valence-electron chi connectivity index (χ3n) is 2.28. The number of nitrogens with one attached hydrogen (secondary N) is 1. The summed E-state index contributed by atoms with van der Waals surface area (Å²) in [6, 6.07) is 9.23. The van der Waals surface area contributed by atoms with Crippen molar-refractivity contribution in [1.29, 1.82) is 0 Å². The molecule has 0 radical (unpaired) electrons. The van der Waals surface area contributed by atoms with Crippen molar-refractivity contribution in [3.8, 4) is 0 Å². The Morgan fingerprint density at radius 1 is 1.24 bits per heavy atom. The van der Waals surface area contributed by atoms with Gasteiger partial charge in [-0.05, 0) is 41.1 Å². The predicted molar refractivity (Wildman–Crippen MR) is 71.1 cm³/mol. The minimum absolute atomic E-state index is 0.134. The van der Waals surface area contributed by atoms with Crippen LogP contribution in [0.5, 0.6) is 0 Å². The molecular formula is C13H11BrN2O. The van der Waals surface area contributed by atoms with Crippen LogP contribution in [0.15, 0.2) is 47.2 Å². The van der Waals surface area contributed by atoms with Gasteiger partial charge < -0.3 is 5.32 Å². The van der Waals surface area contributed by atoms with E-state index in [9.17, 15) is 4.79 Å². The molecule has 0 atom stereocenters. The first kappa shape index (κ1) is 11.8. The average Bonchev–Trinajstić information content (AvgIpc) is 2.29. The lowest BCUT2D eigenvalue weighted by atomic mass is 10.1. The topological polar surface area (TPSA) is 42.0 Å². The van der Waals surface area contributed by atoms with Crippen molar-refractivity contribution in [2.75, 3.05) is 5.32 Å². The smallest absolute Gasteiger partial charge is 0.255 e. The molecule has 1 N–H and O–H groups in total. The molecule has 0 saturated carbocycles. The maximum atomic E-state index is 11.9. The van der Waals surface area contributed by atoms with E-state index in [0.29, 0.717) is 11.3 Å². The molecular weight excluding hydrogens is 280 g/mol. The normalized spacial score (nSPS) is 10.0. The van der Waals surface area contributed by atoms with Gasteiger partial charge in [-0.15, -0.1) is 0 Å². The molecule has 86 valence electrons. The fourth-order valence-corrected chi connectivity index (χ4v) is 1.75. The SMILES string of the molecule is Cc1ccc(C(=O)Nc2cncc(Br)c2)cc1. The van der Waals surface area contributed by atoms with Crippen molar-refractivity contribution in [3.05, 3.63) is 58.3 Å². The third kappa shape index (κ3) is 3.14. The Morgan fingerprint density at radius 2 is 1.94 bits per heavy atom. The van der Waals surface area contributed by atoms with Gasteiger partial charge in [0.15, 0.2) is 0 Å². The molecule has 4 heteroatoms. The summed E-state index contributed by atoms with van der Waals surface area (Å²) in [5.41, 5.74) is 2.44. The van der Waals surface area contributed by atoms with Gasteiger partial charge >= 0.3 is 0 Å². The van der Waals surface area contributed by atoms with Gasteiger partial charge in [-0.3, -0.25) is 9.78 Å². The number of hydrogen-bond donors (Lipinski definition) is 1. The van der Waals surface area contributed by atoms with Gasteiger partial charge in [0.1, 0.15) is 0 Å². The quantitative estimate of drug-likeness (QED) is 0.921. The zero-order chi connectivity index (χ0) is 12.3. The van der Waals surface area contributed by atoms with Crippen LogP contribution in [0, 0.1) is 6.92 Å². The zero-order valence-corrected chi connectivity index (χ0v) is 10.9. The molecule has 0 aliphatic rings. The first-order chi connectivity index (χ1) is 8.15. The lowest BCUT2D eigenvalue weighted by Gasteiger charge is -2.05. The molecule has 0 unspecified atom stereocenters. The molecule has 0 saturated heterocycles. The second-order valence-corrected chi connectivity index (χ2v) is 4.63. The lowest BCUT2D eigenvalue weighted by molar-refractivity contribution is 0.102. The number of anilines is 1. The summed E-state index contributed by atoms with van der Waals surface area (Å²) in [5, 5.41) is 2.79. The molecule has 1 aromatic carbocycles. The van der Waals surface area contributed by atoms with Crippen molar-refractivity contribution in [1.82, 2.24) is 4.98 Å². The number of aryl methyl sites for hydroxylation is 1. The Bertz CT molecular complexity index is 537. The van der Waals surface area contributed by atoms with Crippen LogP contribution >= 0.6 is 15.9 Å². The highest BCUT2D eigenvalue weighted by atomic mass is 79.9. The van der Waals surface area contributed by atoms with Crippen LogP contribution in [-0.2, 0) is 0 Å². The van der Waals surface area contributed by atoms with E-state index < -0.39 is 0 Å². The van der Waals surface area contributed by atoms with Crippen molar-refractivity contribution in [2.24, 2.45) is 0 Å². The van der Waals surface area contributed by atoms with Crippen LogP contribution in [0.1, 0.15) is 15.9 Å². The molecule has 1 aromatic heterocycles. The minimum Gasteiger partial charge on any atom is -0.321 e. The van der Waals surface area contributed by atoms with Crippen LogP contribution in [0.2, 0.25) is 0 Å². The number of carbonyl (C=O) groups is 1. The minimum atomic E-state index is -0.134. The summed E-state index contributed by atoms with van der Waals surface area (Å²) < 4.78 is 0.833. The second kappa shape index (κ2) is 5.10. The van der Waals surface area contributed by atoms with Gasteiger partial charge in [0.25, 0.3) is 5.91 Å². The van der Waals surface area contributed by atoms with Crippen LogP contribution in [0.3, 0.4) is 0 Å². The van der Waals surface area contributed by atoms with E-state index in [1.807, 2.05) is 19.1 Å². The summed E-state index contributed by atoms with van der Waals surface area (Å²) in [7, 11) is 0. The largest absolute Gasteiger partial charge is 0.321 e. The van der Waals surface area contributed by atoms with Crippen molar-refractivity contribution in [3.63, 3.8) is 0 Å². The average molecular weight is 291 g/mol. The van der Waals surface area contributed by atoms with Crippen LogP contribution in [-0.4, -0.2) is 10.9 Å². The van der Waals surface area contributed by atoms with E-state index >= 15 is 0 Å². The molecule has 0 aliphatic carbocycles. The third-order valence-corrected chi connectivity index (χ3v) is 2.71. The van der Waals surface area contributed by atoms with Gasteiger partial charge in [0.2, 0.25) is 0 Å². The van der Waals surface area contributed by atoms with Crippen molar-refractivity contribution < 1.29 is 4.79 Å². The summed E-state index contributed by atoms with van der Waals surface area (Å²) in [4.78, 5) is 15.9. The van der Waals surface area contributed by atoms with E-state index in [4.69, 9.17) is 0 Å². The van der Waals surface area contributed by atoms with Gasteiger partial charge in [0.05, 0.1) is 11.9 Å². The van der Waals surface area contributed by atoms with Crippen LogP contribution in [0.4, 0.5) is 5.69 Å². The fraction of sp³-hybridized carbons (Fsp3) is 0.0769. The first-order valence-electron chi connectivity index (χ1n) is 5.14. The molecule has 1 heterocycles. The number of benzene rings is 1. The highest BCUT2D eigenvalue weighted by Crippen LogP contribution is 2.14. The molecule has 0 fully saturated rings. The molecule has 0 bridgehead atoms. The molecule has 1 amide bonds. The highest BCUT2D eigenvalue weighted by molar-refractivity contribution is 9.10. The Morgan fingerprint density at radius 3 is 2.59 bits per heavy atom. The fourth-order valence-electron chi connectivity index (χ4n) is 1.39. The van der Waals surface area contributed by atoms with E-state index in [-0.39, 0.29) is 5.91 Å². The van der Waals surface area contributed by atoms with E-state index in [1.165, 1.54) is 0 Å². The molecule has 0 aliphatic heterocycles. The molecule has 17 heavy (non-hydrogen) atoms. The predicted octanol–water partition coefficient (Wildman–Crippen LogP) is 3.40.